The number of nitrogens with zero attached hydrogens (tertiary/aromatic N) is 1. The van der Waals surface area contributed by atoms with Gasteiger partial charge in [0.1, 0.15) is 5.75 Å². The summed E-state index contributed by atoms with van der Waals surface area (Å²) in [6.45, 7) is 1.30. The molecule has 2 aliphatic heterocycles. The molecular formula is C18H16ClNO3. The molecule has 1 amide bonds. The highest BCUT2D eigenvalue weighted by atomic mass is 35.5. The number of amides is 1. The van der Waals surface area contributed by atoms with Gasteiger partial charge in [-0.2, -0.15) is 0 Å². The third kappa shape index (κ3) is 2.21. The fourth-order valence-corrected chi connectivity index (χ4v) is 3.40. The van der Waals surface area contributed by atoms with E-state index in [9.17, 15) is 4.79 Å². The van der Waals surface area contributed by atoms with Gasteiger partial charge >= 0.3 is 0 Å². The van der Waals surface area contributed by atoms with Crippen LogP contribution in [0.2, 0.25) is 5.02 Å². The van der Waals surface area contributed by atoms with Crippen LogP contribution in [0.5, 0.6) is 5.75 Å². The molecule has 2 atom stereocenters. The van der Waals surface area contributed by atoms with Crippen LogP contribution in [0.25, 0.3) is 0 Å². The topological polar surface area (TPSA) is 38.8 Å². The molecule has 2 aromatic rings. The van der Waals surface area contributed by atoms with E-state index in [0.29, 0.717) is 23.9 Å². The first-order valence-electron chi connectivity index (χ1n) is 7.65. The Morgan fingerprint density at radius 1 is 1.13 bits per heavy atom. The SMILES string of the molecule is O=C1C(Oc2ccc(Cl)cc2)C2(c3ccccc3)OCCCN12. The summed E-state index contributed by atoms with van der Waals surface area (Å²) in [6.07, 6.45) is 0.167. The lowest BCUT2D eigenvalue weighted by molar-refractivity contribution is -0.281. The zero-order chi connectivity index (χ0) is 15.9. The average molecular weight is 330 g/mol. The lowest BCUT2D eigenvalue weighted by Crippen LogP contribution is -2.76. The molecule has 0 saturated carbocycles. The van der Waals surface area contributed by atoms with E-state index in [2.05, 4.69) is 0 Å². The number of benzene rings is 2. The summed E-state index contributed by atoms with van der Waals surface area (Å²) in [5, 5.41) is 0.630. The molecule has 5 heteroatoms. The van der Waals surface area contributed by atoms with E-state index >= 15 is 0 Å². The van der Waals surface area contributed by atoms with Crippen LogP contribution < -0.4 is 4.74 Å². The molecule has 2 unspecified atom stereocenters. The molecule has 4 nitrogen and oxygen atoms in total. The van der Waals surface area contributed by atoms with E-state index in [4.69, 9.17) is 21.1 Å². The molecule has 2 fully saturated rings. The fourth-order valence-electron chi connectivity index (χ4n) is 3.28. The number of β-lactam (4-membered cyclic amide) rings is 1. The molecule has 2 heterocycles. The Morgan fingerprint density at radius 3 is 2.61 bits per heavy atom. The highest BCUT2D eigenvalue weighted by molar-refractivity contribution is 6.30. The van der Waals surface area contributed by atoms with Crippen molar-refractivity contribution in [3.05, 3.63) is 65.2 Å². The van der Waals surface area contributed by atoms with E-state index in [-0.39, 0.29) is 5.91 Å². The average Bonchev–Trinajstić information content (AvgIpc) is 2.61. The maximum Gasteiger partial charge on any atom is 0.271 e. The lowest BCUT2D eigenvalue weighted by atomic mass is 9.84. The summed E-state index contributed by atoms with van der Waals surface area (Å²) in [5.74, 6) is 0.570. The standard InChI is InChI=1S/C18H16ClNO3/c19-14-7-9-15(10-8-14)23-16-17(21)20-11-4-12-22-18(16,20)13-5-2-1-3-6-13/h1-3,5-10,16H,4,11-12H2. The van der Waals surface area contributed by atoms with Crippen LogP contribution >= 0.6 is 11.6 Å². The van der Waals surface area contributed by atoms with Gasteiger partial charge in [-0.1, -0.05) is 41.9 Å². The largest absolute Gasteiger partial charge is 0.475 e. The van der Waals surface area contributed by atoms with E-state index in [1.165, 1.54) is 0 Å². The number of carbonyl (C=O) groups excluding carboxylic acids is 1. The second-order valence-corrected chi connectivity index (χ2v) is 6.14. The van der Waals surface area contributed by atoms with Crippen LogP contribution in [0, 0.1) is 0 Å². The van der Waals surface area contributed by atoms with Gasteiger partial charge in [0, 0.05) is 17.1 Å². The molecule has 23 heavy (non-hydrogen) atoms. The van der Waals surface area contributed by atoms with Crippen LogP contribution in [0.3, 0.4) is 0 Å². The number of carbonyl (C=O) groups is 1. The Labute approximate surface area is 139 Å². The Hall–Kier alpha value is -2.04. The van der Waals surface area contributed by atoms with Gasteiger partial charge in [0.05, 0.1) is 6.61 Å². The molecule has 0 aromatic heterocycles. The molecule has 0 spiro atoms. The van der Waals surface area contributed by atoms with Gasteiger partial charge in [0.2, 0.25) is 11.8 Å². The van der Waals surface area contributed by atoms with E-state index in [1.54, 1.807) is 29.2 Å². The maximum atomic E-state index is 12.5. The van der Waals surface area contributed by atoms with Gasteiger partial charge in [-0.25, -0.2) is 0 Å². The van der Waals surface area contributed by atoms with Gasteiger partial charge in [0.15, 0.2) is 0 Å². The summed E-state index contributed by atoms with van der Waals surface area (Å²) >= 11 is 5.90. The van der Waals surface area contributed by atoms with Crippen LogP contribution in [0.4, 0.5) is 0 Å². The van der Waals surface area contributed by atoms with E-state index in [1.807, 2.05) is 30.3 Å². The molecule has 118 valence electrons. The smallest absolute Gasteiger partial charge is 0.271 e. The minimum absolute atomic E-state index is 0.0384. The summed E-state index contributed by atoms with van der Waals surface area (Å²) in [4.78, 5) is 14.3. The van der Waals surface area contributed by atoms with Crippen molar-refractivity contribution in [2.75, 3.05) is 13.2 Å². The Bertz CT molecular complexity index is 719. The molecule has 2 aliphatic rings. The predicted octanol–water partition coefficient (Wildman–Crippen LogP) is 3.20. The van der Waals surface area contributed by atoms with Crippen LogP contribution in [-0.2, 0) is 15.3 Å². The quantitative estimate of drug-likeness (QED) is 0.812. The molecule has 0 aliphatic carbocycles. The van der Waals surface area contributed by atoms with Crippen molar-refractivity contribution in [2.24, 2.45) is 0 Å². The third-order valence-corrected chi connectivity index (χ3v) is 4.60. The first-order chi connectivity index (χ1) is 11.2. The van der Waals surface area contributed by atoms with Crippen LogP contribution in [-0.4, -0.2) is 30.1 Å². The monoisotopic (exact) mass is 329 g/mol. The Balaban J connectivity index is 1.70. The highest BCUT2D eigenvalue weighted by Crippen LogP contribution is 2.46. The second-order valence-electron chi connectivity index (χ2n) is 5.71. The van der Waals surface area contributed by atoms with Crippen molar-refractivity contribution in [2.45, 2.75) is 18.2 Å². The number of fused-ring (bicyclic) bond motifs is 1. The molecule has 0 radical (unpaired) electrons. The van der Waals surface area contributed by atoms with Crippen molar-refractivity contribution >= 4 is 17.5 Å². The molecule has 2 saturated heterocycles. The van der Waals surface area contributed by atoms with Crippen LogP contribution in [0.15, 0.2) is 54.6 Å². The number of rotatable bonds is 3. The van der Waals surface area contributed by atoms with E-state index in [0.717, 1.165) is 12.0 Å². The van der Waals surface area contributed by atoms with Crippen molar-refractivity contribution in [3.8, 4) is 5.75 Å². The predicted molar refractivity (Wildman–Crippen MR) is 86.3 cm³/mol. The number of hydrogen-bond donors (Lipinski definition) is 0. The number of halogens is 1. The Kier molecular flexibility index (Phi) is 3.51. The zero-order valence-electron chi connectivity index (χ0n) is 12.4. The van der Waals surface area contributed by atoms with Crippen LogP contribution in [0.1, 0.15) is 12.0 Å². The normalized spacial score (nSPS) is 26.4. The van der Waals surface area contributed by atoms with Crippen molar-refractivity contribution in [1.82, 2.24) is 4.90 Å². The van der Waals surface area contributed by atoms with Crippen molar-refractivity contribution in [1.29, 1.82) is 0 Å². The molecule has 0 N–H and O–H groups in total. The third-order valence-electron chi connectivity index (χ3n) is 4.35. The first kappa shape index (κ1) is 14.5. The minimum atomic E-state index is -0.823. The summed E-state index contributed by atoms with van der Waals surface area (Å²) < 4.78 is 12.1. The number of ether oxygens (including phenoxy) is 2. The Morgan fingerprint density at radius 2 is 1.87 bits per heavy atom. The summed E-state index contributed by atoms with van der Waals surface area (Å²) in [7, 11) is 0. The highest BCUT2D eigenvalue weighted by Gasteiger charge is 2.65. The fraction of sp³-hybridized carbons (Fsp3) is 0.278. The summed E-state index contributed by atoms with van der Waals surface area (Å²) in [5.41, 5.74) is 0.120. The first-order valence-corrected chi connectivity index (χ1v) is 8.03. The second kappa shape index (κ2) is 5.55. The zero-order valence-corrected chi connectivity index (χ0v) is 13.2. The minimum Gasteiger partial charge on any atom is -0.475 e. The van der Waals surface area contributed by atoms with Gasteiger partial charge in [-0.05, 0) is 30.7 Å². The molecule has 4 rings (SSSR count). The van der Waals surface area contributed by atoms with Gasteiger partial charge in [-0.15, -0.1) is 0 Å². The van der Waals surface area contributed by atoms with Gasteiger partial charge in [-0.3, -0.25) is 4.79 Å². The van der Waals surface area contributed by atoms with Gasteiger partial charge < -0.3 is 14.4 Å². The molecule has 2 aromatic carbocycles. The molecule has 0 bridgehead atoms. The van der Waals surface area contributed by atoms with Crippen molar-refractivity contribution < 1.29 is 14.3 Å². The number of hydrogen-bond acceptors (Lipinski definition) is 3. The van der Waals surface area contributed by atoms with Gasteiger partial charge in [0.25, 0.3) is 5.91 Å². The lowest BCUT2D eigenvalue weighted by Gasteiger charge is -2.58. The molecular weight excluding hydrogens is 314 g/mol. The van der Waals surface area contributed by atoms with Crippen molar-refractivity contribution in [3.63, 3.8) is 0 Å². The maximum absolute atomic E-state index is 12.5. The van der Waals surface area contributed by atoms with E-state index < -0.39 is 11.8 Å². The summed E-state index contributed by atoms with van der Waals surface area (Å²) in [6, 6.07) is 16.8.